The zero-order valence-electron chi connectivity index (χ0n) is 14.4. The van der Waals surface area contributed by atoms with E-state index in [0.717, 1.165) is 25.1 Å². The van der Waals surface area contributed by atoms with Gasteiger partial charge in [0.1, 0.15) is 6.04 Å². The summed E-state index contributed by atoms with van der Waals surface area (Å²) in [7, 11) is 0. The quantitative estimate of drug-likeness (QED) is 0.721. The first-order chi connectivity index (χ1) is 13.1. The molecule has 0 spiro atoms. The molecule has 0 radical (unpaired) electrons. The summed E-state index contributed by atoms with van der Waals surface area (Å²) in [6, 6.07) is 14.3. The first-order valence-electron chi connectivity index (χ1n) is 8.99. The van der Waals surface area contributed by atoms with Crippen LogP contribution >= 0.6 is 23.2 Å². The van der Waals surface area contributed by atoms with Crippen molar-refractivity contribution in [2.45, 2.75) is 18.5 Å². The van der Waals surface area contributed by atoms with E-state index in [-0.39, 0.29) is 17.9 Å². The molecule has 3 fully saturated rings. The van der Waals surface area contributed by atoms with Crippen molar-refractivity contribution >= 4 is 40.7 Å². The van der Waals surface area contributed by atoms with E-state index < -0.39 is 12.0 Å². The largest absolute Gasteiger partial charge is 0.274 e. The van der Waals surface area contributed by atoms with Crippen LogP contribution in [0.3, 0.4) is 0 Å². The van der Waals surface area contributed by atoms with Crippen LogP contribution in [0.5, 0.6) is 0 Å². The van der Waals surface area contributed by atoms with Crippen LogP contribution in [0.1, 0.15) is 18.0 Å². The number of hydrazine groups is 1. The fourth-order valence-electron chi connectivity index (χ4n) is 4.69. The van der Waals surface area contributed by atoms with Gasteiger partial charge in [0.2, 0.25) is 5.91 Å². The van der Waals surface area contributed by atoms with E-state index in [9.17, 15) is 9.59 Å². The van der Waals surface area contributed by atoms with Gasteiger partial charge in [0.05, 0.1) is 27.7 Å². The standard InChI is InChI=1S/C20H17Cl2N3O2/c21-13-8-4-9-14(22)17(13)25-19(26)15-16(12-6-2-1-3-7-12)23-10-5-11-24(23)18(15)20(25)27/h1-4,6-9,15-16,18H,5,10-11H2/t15-,16+,18+/m1/s1. The van der Waals surface area contributed by atoms with Crippen molar-refractivity contribution in [2.24, 2.45) is 5.92 Å². The van der Waals surface area contributed by atoms with Crippen LogP contribution in [0.2, 0.25) is 10.0 Å². The van der Waals surface area contributed by atoms with Gasteiger partial charge in [-0.3, -0.25) is 9.59 Å². The summed E-state index contributed by atoms with van der Waals surface area (Å²) in [4.78, 5) is 28.0. The number of rotatable bonds is 2. The minimum atomic E-state index is -0.502. The molecular formula is C20H17Cl2N3O2. The van der Waals surface area contributed by atoms with Gasteiger partial charge in [-0.1, -0.05) is 59.6 Å². The molecule has 27 heavy (non-hydrogen) atoms. The number of carbonyl (C=O) groups excluding carboxylic acids is 2. The van der Waals surface area contributed by atoms with E-state index in [1.54, 1.807) is 18.2 Å². The number of carbonyl (C=O) groups is 2. The van der Waals surface area contributed by atoms with Crippen molar-refractivity contribution in [1.29, 1.82) is 0 Å². The number of nitrogens with zero attached hydrogens (tertiary/aromatic N) is 3. The van der Waals surface area contributed by atoms with Crippen LogP contribution in [0, 0.1) is 5.92 Å². The number of amides is 2. The second kappa shape index (κ2) is 6.31. The molecule has 2 aromatic carbocycles. The Labute approximate surface area is 167 Å². The Kier molecular flexibility index (Phi) is 4.02. The van der Waals surface area contributed by atoms with Gasteiger partial charge >= 0.3 is 0 Å². The van der Waals surface area contributed by atoms with Crippen LogP contribution in [0.15, 0.2) is 48.5 Å². The Morgan fingerprint density at radius 3 is 2.07 bits per heavy atom. The molecule has 3 aliphatic heterocycles. The van der Waals surface area contributed by atoms with Crippen molar-refractivity contribution in [3.63, 3.8) is 0 Å². The third kappa shape index (κ3) is 2.39. The molecule has 138 valence electrons. The summed E-state index contributed by atoms with van der Waals surface area (Å²) in [5, 5.41) is 4.86. The lowest BCUT2D eigenvalue weighted by Crippen LogP contribution is -2.44. The smallest absolute Gasteiger partial charge is 0.253 e. The highest BCUT2D eigenvalue weighted by atomic mass is 35.5. The highest BCUT2D eigenvalue weighted by Gasteiger charge is 2.63. The molecule has 0 aliphatic carbocycles. The first-order valence-corrected chi connectivity index (χ1v) is 9.75. The molecule has 0 N–H and O–H groups in total. The number of para-hydroxylation sites is 1. The molecule has 2 amide bonds. The highest BCUT2D eigenvalue weighted by Crippen LogP contribution is 2.50. The van der Waals surface area contributed by atoms with E-state index in [4.69, 9.17) is 23.2 Å². The second-order valence-corrected chi connectivity index (χ2v) is 7.90. The summed E-state index contributed by atoms with van der Waals surface area (Å²) >= 11 is 12.6. The fraction of sp³-hybridized carbons (Fsp3) is 0.300. The molecule has 0 bridgehead atoms. The van der Waals surface area contributed by atoms with Crippen LogP contribution in [0.25, 0.3) is 0 Å². The lowest BCUT2D eigenvalue weighted by atomic mass is 9.90. The minimum absolute atomic E-state index is 0.151. The fourth-order valence-corrected chi connectivity index (χ4v) is 5.25. The average molecular weight is 402 g/mol. The van der Waals surface area contributed by atoms with Gasteiger partial charge in [0, 0.05) is 13.1 Å². The van der Waals surface area contributed by atoms with E-state index >= 15 is 0 Å². The van der Waals surface area contributed by atoms with Gasteiger partial charge in [-0.2, -0.15) is 0 Å². The van der Waals surface area contributed by atoms with Crippen molar-refractivity contribution < 1.29 is 9.59 Å². The second-order valence-electron chi connectivity index (χ2n) is 7.09. The maximum absolute atomic E-state index is 13.5. The maximum atomic E-state index is 13.5. The third-order valence-electron chi connectivity index (χ3n) is 5.71. The Bertz CT molecular complexity index is 916. The molecule has 3 atom stereocenters. The maximum Gasteiger partial charge on any atom is 0.253 e. The van der Waals surface area contributed by atoms with Crippen molar-refractivity contribution in [1.82, 2.24) is 10.0 Å². The molecule has 5 nitrogen and oxygen atoms in total. The molecule has 3 aliphatic rings. The first kappa shape index (κ1) is 17.2. The molecular weight excluding hydrogens is 385 g/mol. The lowest BCUT2D eigenvalue weighted by molar-refractivity contribution is -0.126. The number of fused-ring (bicyclic) bond motifs is 3. The number of anilines is 1. The van der Waals surface area contributed by atoms with E-state index in [1.807, 2.05) is 30.3 Å². The normalized spacial score (nSPS) is 28.1. The van der Waals surface area contributed by atoms with E-state index in [1.165, 1.54) is 4.90 Å². The summed E-state index contributed by atoms with van der Waals surface area (Å²) in [6.07, 6.45) is 0.973. The summed E-state index contributed by atoms with van der Waals surface area (Å²) in [6.45, 7) is 1.62. The molecule has 7 heteroatoms. The number of hydrogen-bond donors (Lipinski definition) is 0. The van der Waals surface area contributed by atoms with Crippen molar-refractivity contribution in [2.75, 3.05) is 18.0 Å². The predicted octanol–water partition coefficient (Wildman–Crippen LogP) is 3.53. The lowest BCUT2D eigenvalue weighted by Gasteiger charge is -2.30. The molecule has 5 rings (SSSR count). The van der Waals surface area contributed by atoms with E-state index in [0.29, 0.717) is 15.7 Å². The minimum Gasteiger partial charge on any atom is -0.274 e. The monoisotopic (exact) mass is 401 g/mol. The number of benzene rings is 2. The number of imide groups is 1. The Hall–Kier alpha value is -1.92. The Balaban J connectivity index is 1.63. The van der Waals surface area contributed by atoms with Crippen LogP contribution < -0.4 is 4.90 Å². The molecule has 2 aromatic rings. The molecule has 0 saturated carbocycles. The molecule has 3 saturated heterocycles. The average Bonchev–Trinajstić information content (AvgIpc) is 3.30. The van der Waals surface area contributed by atoms with Gasteiger partial charge in [0.15, 0.2) is 0 Å². The Morgan fingerprint density at radius 2 is 1.41 bits per heavy atom. The van der Waals surface area contributed by atoms with E-state index in [2.05, 4.69) is 10.0 Å². The summed E-state index contributed by atoms with van der Waals surface area (Å²) in [5.74, 6) is -0.943. The van der Waals surface area contributed by atoms with Crippen LogP contribution in [-0.4, -0.2) is 41.0 Å². The van der Waals surface area contributed by atoms with Gasteiger partial charge in [-0.25, -0.2) is 14.9 Å². The molecule has 3 heterocycles. The molecule has 0 unspecified atom stereocenters. The van der Waals surface area contributed by atoms with Gasteiger partial charge in [-0.05, 0) is 24.1 Å². The predicted molar refractivity (Wildman–Crippen MR) is 103 cm³/mol. The van der Waals surface area contributed by atoms with Gasteiger partial charge < -0.3 is 0 Å². The Morgan fingerprint density at radius 1 is 0.778 bits per heavy atom. The summed E-state index contributed by atoms with van der Waals surface area (Å²) in [5.41, 5.74) is 1.34. The van der Waals surface area contributed by atoms with Crippen LogP contribution in [-0.2, 0) is 9.59 Å². The third-order valence-corrected chi connectivity index (χ3v) is 6.32. The van der Waals surface area contributed by atoms with Crippen molar-refractivity contribution in [3.05, 3.63) is 64.1 Å². The van der Waals surface area contributed by atoms with Crippen LogP contribution in [0.4, 0.5) is 5.69 Å². The van der Waals surface area contributed by atoms with Gasteiger partial charge in [-0.15, -0.1) is 0 Å². The highest BCUT2D eigenvalue weighted by molar-refractivity contribution is 6.42. The summed E-state index contributed by atoms with van der Waals surface area (Å²) < 4.78 is 0. The number of hydrogen-bond acceptors (Lipinski definition) is 4. The zero-order valence-corrected chi connectivity index (χ0v) is 15.9. The number of halogens is 2. The topological polar surface area (TPSA) is 43.9 Å². The van der Waals surface area contributed by atoms with Crippen molar-refractivity contribution in [3.8, 4) is 0 Å². The SMILES string of the molecule is O=C1[C@H]2[C@@H](C(=O)N1c1c(Cl)cccc1Cl)N1CCCN1[C@H]2c1ccccc1. The zero-order chi connectivity index (χ0) is 18.7. The molecule has 0 aromatic heterocycles. The van der Waals surface area contributed by atoms with Gasteiger partial charge in [0.25, 0.3) is 5.91 Å².